The van der Waals surface area contributed by atoms with Crippen LogP contribution >= 0.6 is 0 Å². The van der Waals surface area contributed by atoms with Crippen LogP contribution in [0.5, 0.6) is 0 Å². The Morgan fingerprint density at radius 3 is 1.75 bits per heavy atom. The molecule has 4 heteroatoms. The van der Waals surface area contributed by atoms with Crippen LogP contribution in [0.4, 0.5) is 0 Å². The minimum Gasteiger partial charge on any atom is -0.336 e. The molecule has 3 nitrogen and oxygen atoms in total. The predicted octanol–water partition coefficient (Wildman–Crippen LogP) is 2.12. The predicted molar refractivity (Wildman–Crippen MR) is 123 cm³/mol. The average Bonchev–Trinajstić information content (AvgIpc) is 2.58. The van der Waals surface area contributed by atoms with Gasteiger partial charge in [0.05, 0.1) is 0 Å². The number of rotatable bonds is 17. The Morgan fingerprint density at radius 1 is 0.857 bits per heavy atom. The zero-order valence-corrected chi connectivity index (χ0v) is 20.4. The molecule has 0 N–H and O–H groups in total. The third-order valence-corrected chi connectivity index (χ3v) is 5.33. The Morgan fingerprint density at radius 2 is 1.36 bits per heavy atom. The Bertz CT molecular complexity index is 393. The first kappa shape index (κ1) is 30.2. The maximum atomic E-state index is 4.34. The molecule has 160 valence electrons. The summed E-state index contributed by atoms with van der Waals surface area (Å²) in [4.78, 5) is 7.21. The molecule has 2 unspecified atom stereocenters. The van der Waals surface area contributed by atoms with Gasteiger partial charge in [-0.3, -0.25) is 4.90 Å². The van der Waals surface area contributed by atoms with E-state index in [1.54, 1.807) is 0 Å². The third kappa shape index (κ3) is 14.9. The van der Waals surface area contributed by atoms with Crippen LogP contribution in [0.2, 0.25) is 0 Å². The molecule has 0 heterocycles. The summed E-state index contributed by atoms with van der Waals surface area (Å²) in [5.41, 5.74) is 2.60. The van der Waals surface area contributed by atoms with Gasteiger partial charge in [0.25, 0.3) is 0 Å². The molecular weight excluding hydrogens is 337 g/mol. The van der Waals surface area contributed by atoms with Crippen molar-refractivity contribution in [3.05, 3.63) is 31.2 Å². The van der Waals surface area contributed by atoms with Crippen LogP contribution in [-0.4, -0.2) is 75.1 Å². The van der Waals surface area contributed by atoms with E-state index in [-0.39, 0.29) is 18.9 Å². The summed E-state index contributed by atoms with van der Waals surface area (Å²) in [7, 11) is 8.62. The number of hydrogen-bond acceptors (Lipinski definition) is 3. The molecule has 28 heavy (non-hydrogen) atoms. The van der Waals surface area contributed by atoms with E-state index in [0.29, 0.717) is 12.0 Å². The van der Waals surface area contributed by atoms with Gasteiger partial charge in [0, 0.05) is 6.04 Å². The van der Waals surface area contributed by atoms with E-state index in [1.165, 1.54) is 43.3 Å². The molecule has 0 aliphatic carbocycles. The molecule has 0 rings (SSSR count). The molecule has 0 saturated heterocycles. The summed E-state index contributed by atoms with van der Waals surface area (Å²) < 4.78 is 0. The minimum absolute atomic E-state index is 0. The van der Waals surface area contributed by atoms with Crippen LogP contribution in [0, 0.1) is 12.8 Å². The second kappa shape index (κ2) is 17.8. The molecule has 2 atom stereocenters. The van der Waals surface area contributed by atoms with Crippen LogP contribution in [0.25, 0.3) is 0 Å². The van der Waals surface area contributed by atoms with Gasteiger partial charge >= 0.3 is 18.9 Å². The van der Waals surface area contributed by atoms with Crippen LogP contribution in [-0.2, 0) is 0 Å². The van der Waals surface area contributed by atoms with Crippen LogP contribution in [0.1, 0.15) is 58.8 Å². The van der Waals surface area contributed by atoms with Crippen LogP contribution in [0.15, 0.2) is 24.3 Å². The van der Waals surface area contributed by atoms with Crippen molar-refractivity contribution in [3.8, 4) is 0 Å². The second-order valence-electron chi connectivity index (χ2n) is 8.75. The fourth-order valence-electron chi connectivity index (χ4n) is 3.53. The van der Waals surface area contributed by atoms with Gasteiger partial charge in [0.15, 0.2) is 0 Å². The number of hydrogen-bond donors (Lipinski definition) is 0. The molecule has 0 aromatic heterocycles. The van der Waals surface area contributed by atoms with Crippen LogP contribution in [0.3, 0.4) is 0 Å². The number of unbranched alkanes of at least 4 members (excludes halogenated alkanes) is 1. The van der Waals surface area contributed by atoms with Gasteiger partial charge in [0.2, 0.25) is 0 Å². The topological polar surface area (TPSA) is 9.72 Å². The zero-order chi connectivity index (χ0) is 20.8. The normalized spacial score (nSPS) is 13.6. The van der Waals surface area contributed by atoms with Gasteiger partial charge in [0.1, 0.15) is 0 Å². The number of nitrogens with zero attached hydrogens (tertiary/aromatic N) is 3. The summed E-state index contributed by atoms with van der Waals surface area (Å²) in [6.07, 6.45) is 8.24. The van der Waals surface area contributed by atoms with Crippen molar-refractivity contribution in [2.24, 2.45) is 5.92 Å². The van der Waals surface area contributed by atoms with Crippen molar-refractivity contribution in [2.75, 3.05) is 54.4 Å². The summed E-state index contributed by atoms with van der Waals surface area (Å²) in [6.45, 7) is 22.0. The molecule has 0 aliphatic rings. The Hall–Kier alpha value is -0.0426. The third-order valence-electron chi connectivity index (χ3n) is 5.33. The first-order chi connectivity index (χ1) is 12.7. The molecule has 0 aromatic rings. The molecule has 0 aliphatic heterocycles. The van der Waals surface area contributed by atoms with Gasteiger partial charge < -0.3 is 16.7 Å². The van der Waals surface area contributed by atoms with Crippen LogP contribution < -0.4 is 18.9 Å². The molecule has 0 aromatic carbocycles. The quantitative estimate of drug-likeness (QED) is 0.216. The van der Waals surface area contributed by atoms with Crippen molar-refractivity contribution in [3.63, 3.8) is 0 Å². The minimum atomic E-state index is 0. The zero-order valence-electron chi connectivity index (χ0n) is 20.4. The van der Waals surface area contributed by atoms with E-state index in [1.807, 2.05) is 0 Å². The first-order valence-corrected chi connectivity index (χ1v) is 10.9. The maximum absolute atomic E-state index is 4.34. The van der Waals surface area contributed by atoms with Crippen molar-refractivity contribution in [2.45, 2.75) is 64.8 Å². The molecule has 0 spiro atoms. The largest absolute Gasteiger partial charge is 1.00 e. The average molecular weight is 386 g/mol. The fourth-order valence-corrected chi connectivity index (χ4v) is 3.53. The molecule has 0 radical (unpaired) electrons. The summed E-state index contributed by atoms with van der Waals surface area (Å²) in [6, 6.07) is 0.449. The molecular formula is C24H48LiN3. The van der Waals surface area contributed by atoms with E-state index in [4.69, 9.17) is 0 Å². The molecule has 0 bridgehead atoms. The van der Waals surface area contributed by atoms with E-state index in [0.717, 1.165) is 39.0 Å². The molecule has 0 amide bonds. The maximum Gasteiger partial charge on any atom is 1.00 e. The summed E-state index contributed by atoms with van der Waals surface area (Å²) in [5, 5.41) is 0. The van der Waals surface area contributed by atoms with Gasteiger partial charge in [-0.2, -0.15) is 0 Å². The van der Waals surface area contributed by atoms with E-state index in [2.05, 4.69) is 76.8 Å². The Kier molecular flexibility index (Phi) is 19.2. The van der Waals surface area contributed by atoms with Gasteiger partial charge in [-0.1, -0.05) is 38.3 Å². The Balaban J connectivity index is 0. The Labute approximate surface area is 189 Å². The monoisotopic (exact) mass is 385 g/mol. The van der Waals surface area contributed by atoms with Crippen molar-refractivity contribution in [1.82, 2.24) is 14.7 Å². The van der Waals surface area contributed by atoms with E-state index in [9.17, 15) is 0 Å². The molecule has 0 saturated carbocycles. The second-order valence-corrected chi connectivity index (χ2v) is 8.75. The standard InChI is InChI=1S/C24H48N3.Li/c1-10-11-14-22(4)23(5)15-16-24(21(2)3)27(19-12-17-25(6)7)20-13-18-26(8)9;/h22,24H,2,4-5,10-20H2,1,3,6-9H3;/q-1;+1. The van der Waals surface area contributed by atoms with E-state index < -0.39 is 0 Å². The number of allylic oxidation sites excluding steroid dienone is 1. The fraction of sp³-hybridized carbons (Fsp3) is 0.792. The van der Waals surface area contributed by atoms with Crippen molar-refractivity contribution < 1.29 is 18.9 Å². The van der Waals surface area contributed by atoms with Gasteiger partial charge in [-0.05, 0) is 87.0 Å². The summed E-state index contributed by atoms with van der Waals surface area (Å²) in [5.74, 6) is 0.395. The van der Waals surface area contributed by atoms with Gasteiger partial charge in [-0.15, -0.1) is 18.1 Å². The van der Waals surface area contributed by atoms with Gasteiger partial charge in [-0.25, -0.2) is 0 Å². The van der Waals surface area contributed by atoms with Crippen molar-refractivity contribution in [1.29, 1.82) is 0 Å². The smallest absolute Gasteiger partial charge is 0.336 e. The SMILES string of the molecule is C=C(CCC(C(=C)C)N(CCCN(C)C)CCCN(C)C)C([CH2-])CCCC.[Li+]. The molecule has 0 fully saturated rings. The van der Waals surface area contributed by atoms with Crippen molar-refractivity contribution >= 4 is 0 Å². The summed E-state index contributed by atoms with van der Waals surface area (Å²) >= 11 is 0. The first-order valence-electron chi connectivity index (χ1n) is 10.9. The van der Waals surface area contributed by atoms with E-state index >= 15 is 0 Å².